The van der Waals surface area contributed by atoms with Gasteiger partial charge in [-0.05, 0) is 33.9 Å². The van der Waals surface area contributed by atoms with Gasteiger partial charge in [-0.15, -0.1) is 0 Å². The van der Waals surface area contributed by atoms with Crippen molar-refractivity contribution in [2.24, 2.45) is 7.05 Å². The van der Waals surface area contributed by atoms with E-state index in [1.807, 2.05) is 27.1 Å². The molecular formula is C16H22ClN3O. The number of aromatic nitrogens is 2. The molecule has 0 saturated heterocycles. The average molecular weight is 308 g/mol. The zero-order valence-corrected chi connectivity index (χ0v) is 14.0. The van der Waals surface area contributed by atoms with Crippen LogP contribution in [0.5, 0.6) is 5.75 Å². The number of rotatable bonds is 5. The number of hydrogen-bond acceptors (Lipinski definition) is 3. The molecule has 0 fully saturated rings. The molecule has 5 heteroatoms. The minimum Gasteiger partial charge on any atom is -0.488 e. The van der Waals surface area contributed by atoms with E-state index in [1.165, 1.54) is 5.56 Å². The molecule has 1 unspecified atom stereocenters. The van der Waals surface area contributed by atoms with Gasteiger partial charge < -0.3 is 10.1 Å². The highest BCUT2D eigenvalue weighted by molar-refractivity contribution is 6.30. The second-order valence-electron chi connectivity index (χ2n) is 5.32. The first-order valence-corrected chi connectivity index (χ1v) is 7.40. The lowest BCUT2D eigenvalue weighted by atomic mass is 10.0. The summed E-state index contributed by atoms with van der Waals surface area (Å²) in [6.07, 6.45) is 0. The lowest BCUT2D eigenvalue weighted by Gasteiger charge is -2.17. The van der Waals surface area contributed by atoms with Gasteiger partial charge in [0.05, 0.1) is 5.69 Å². The summed E-state index contributed by atoms with van der Waals surface area (Å²) >= 11 is 6.24. The number of nitrogens with one attached hydrogen (secondary N) is 1. The summed E-state index contributed by atoms with van der Waals surface area (Å²) in [5.41, 5.74) is 4.20. The highest BCUT2D eigenvalue weighted by Gasteiger charge is 2.14. The van der Waals surface area contributed by atoms with Crippen molar-refractivity contribution in [2.45, 2.75) is 33.4 Å². The van der Waals surface area contributed by atoms with Crippen LogP contribution in [0.1, 0.15) is 35.3 Å². The largest absolute Gasteiger partial charge is 0.488 e. The van der Waals surface area contributed by atoms with Crippen molar-refractivity contribution in [3.63, 3.8) is 0 Å². The van der Waals surface area contributed by atoms with Crippen LogP contribution in [-0.4, -0.2) is 16.8 Å². The fraction of sp³-hybridized carbons (Fsp3) is 0.438. The summed E-state index contributed by atoms with van der Waals surface area (Å²) in [6.45, 7) is 6.56. The third-order valence-electron chi connectivity index (χ3n) is 3.71. The van der Waals surface area contributed by atoms with E-state index < -0.39 is 0 Å². The van der Waals surface area contributed by atoms with Gasteiger partial charge in [-0.3, -0.25) is 4.68 Å². The van der Waals surface area contributed by atoms with Crippen LogP contribution in [0.25, 0.3) is 0 Å². The smallest absolute Gasteiger partial charge is 0.133 e. The Morgan fingerprint density at radius 2 is 2.10 bits per heavy atom. The van der Waals surface area contributed by atoms with Crippen LogP contribution in [-0.2, 0) is 13.7 Å². The van der Waals surface area contributed by atoms with Crippen LogP contribution in [0.2, 0.25) is 5.15 Å². The Balaban J connectivity index is 2.24. The van der Waals surface area contributed by atoms with Gasteiger partial charge in [0, 0.05) is 24.2 Å². The molecule has 1 atom stereocenters. The van der Waals surface area contributed by atoms with Crippen LogP contribution in [0.15, 0.2) is 18.2 Å². The van der Waals surface area contributed by atoms with Crippen LogP contribution < -0.4 is 10.1 Å². The molecule has 0 aliphatic carbocycles. The molecule has 0 amide bonds. The summed E-state index contributed by atoms with van der Waals surface area (Å²) < 4.78 is 7.67. The predicted molar refractivity (Wildman–Crippen MR) is 85.9 cm³/mol. The van der Waals surface area contributed by atoms with Gasteiger partial charge in [-0.2, -0.15) is 5.10 Å². The molecule has 0 aliphatic rings. The lowest BCUT2D eigenvalue weighted by molar-refractivity contribution is 0.299. The Bertz CT molecular complexity index is 637. The Morgan fingerprint density at radius 1 is 1.38 bits per heavy atom. The van der Waals surface area contributed by atoms with Crippen molar-refractivity contribution < 1.29 is 4.74 Å². The molecule has 4 nitrogen and oxygen atoms in total. The van der Waals surface area contributed by atoms with Crippen LogP contribution in [0, 0.1) is 13.8 Å². The maximum atomic E-state index is 6.24. The maximum Gasteiger partial charge on any atom is 0.133 e. The SMILES string of the molecule is CNC(C)c1cc(C)ccc1OCc1c(C)nn(C)c1Cl. The number of benzene rings is 1. The van der Waals surface area contributed by atoms with Gasteiger partial charge in [-0.1, -0.05) is 29.3 Å². The van der Waals surface area contributed by atoms with E-state index in [-0.39, 0.29) is 6.04 Å². The summed E-state index contributed by atoms with van der Waals surface area (Å²) in [4.78, 5) is 0. The van der Waals surface area contributed by atoms with Crippen molar-refractivity contribution in [1.82, 2.24) is 15.1 Å². The molecule has 114 valence electrons. The Hall–Kier alpha value is -1.52. The van der Waals surface area contributed by atoms with E-state index in [0.717, 1.165) is 22.6 Å². The van der Waals surface area contributed by atoms with E-state index in [1.54, 1.807) is 4.68 Å². The number of nitrogens with zero attached hydrogens (tertiary/aromatic N) is 2. The Morgan fingerprint density at radius 3 is 2.67 bits per heavy atom. The van der Waals surface area contributed by atoms with Gasteiger partial charge >= 0.3 is 0 Å². The van der Waals surface area contributed by atoms with E-state index in [4.69, 9.17) is 16.3 Å². The Kier molecular flexibility index (Phi) is 4.91. The Labute approximate surface area is 131 Å². The molecule has 1 heterocycles. The van der Waals surface area contributed by atoms with Gasteiger partial charge in [0.25, 0.3) is 0 Å². The standard InChI is InChI=1S/C16H22ClN3O/c1-10-6-7-15(13(8-10)11(2)18-4)21-9-14-12(3)19-20(5)16(14)17/h6-8,11,18H,9H2,1-5H3. The first kappa shape index (κ1) is 15.9. The van der Waals surface area contributed by atoms with E-state index >= 15 is 0 Å². The second-order valence-corrected chi connectivity index (χ2v) is 5.68. The van der Waals surface area contributed by atoms with Gasteiger partial charge in [0.1, 0.15) is 17.5 Å². The third-order valence-corrected chi connectivity index (χ3v) is 4.18. The molecule has 21 heavy (non-hydrogen) atoms. The normalized spacial score (nSPS) is 12.5. The molecule has 0 bridgehead atoms. The highest BCUT2D eigenvalue weighted by atomic mass is 35.5. The number of aryl methyl sites for hydroxylation is 3. The number of hydrogen-bond donors (Lipinski definition) is 1. The number of halogens is 1. The van der Waals surface area contributed by atoms with Crippen molar-refractivity contribution >= 4 is 11.6 Å². The number of ether oxygens (including phenoxy) is 1. The highest BCUT2D eigenvalue weighted by Crippen LogP contribution is 2.28. The molecule has 2 aromatic rings. The fourth-order valence-electron chi connectivity index (χ4n) is 2.28. The van der Waals surface area contributed by atoms with Crippen LogP contribution in [0.3, 0.4) is 0 Å². The fourth-order valence-corrected chi connectivity index (χ4v) is 2.51. The molecular weight excluding hydrogens is 286 g/mol. The van der Waals surface area contributed by atoms with Crippen LogP contribution >= 0.6 is 11.6 Å². The van der Waals surface area contributed by atoms with E-state index in [2.05, 4.69) is 36.4 Å². The molecule has 0 saturated carbocycles. The van der Waals surface area contributed by atoms with Gasteiger partial charge in [-0.25, -0.2) is 0 Å². The summed E-state index contributed by atoms with van der Waals surface area (Å²) in [7, 11) is 3.78. The molecule has 1 N–H and O–H groups in total. The minimum atomic E-state index is 0.227. The molecule has 0 spiro atoms. The monoisotopic (exact) mass is 307 g/mol. The zero-order chi connectivity index (χ0) is 15.6. The zero-order valence-electron chi connectivity index (χ0n) is 13.2. The molecule has 1 aromatic heterocycles. The minimum absolute atomic E-state index is 0.227. The average Bonchev–Trinajstić information content (AvgIpc) is 2.70. The summed E-state index contributed by atoms with van der Waals surface area (Å²) in [5, 5.41) is 8.18. The molecule has 1 aromatic carbocycles. The van der Waals surface area contributed by atoms with Gasteiger partial charge in [0.2, 0.25) is 0 Å². The lowest BCUT2D eigenvalue weighted by Crippen LogP contribution is -2.14. The first-order valence-electron chi connectivity index (χ1n) is 7.02. The maximum absolute atomic E-state index is 6.24. The second kappa shape index (κ2) is 6.50. The quantitative estimate of drug-likeness (QED) is 0.918. The molecule has 0 aliphatic heterocycles. The van der Waals surface area contributed by atoms with Crippen molar-refractivity contribution in [3.05, 3.63) is 45.7 Å². The van der Waals surface area contributed by atoms with Crippen molar-refractivity contribution in [1.29, 1.82) is 0 Å². The van der Waals surface area contributed by atoms with Crippen LogP contribution in [0.4, 0.5) is 0 Å². The van der Waals surface area contributed by atoms with Gasteiger partial charge in [0.15, 0.2) is 0 Å². The van der Waals surface area contributed by atoms with Crippen molar-refractivity contribution in [2.75, 3.05) is 7.05 Å². The van der Waals surface area contributed by atoms with E-state index in [9.17, 15) is 0 Å². The summed E-state index contributed by atoms with van der Waals surface area (Å²) in [6, 6.07) is 6.44. The van der Waals surface area contributed by atoms with Crippen molar-refractivity contribution in [3.8, 4) is 5.75 Å². The third kappa shape index (κ3) is 3.39. The topological polar surface area (TPSA) is 39.1 Å². The summed E-state index contributed by atoms with van der Waals surface area (Å²) in [5.74, 6) is 0.877. The predicted octanol–water partition coefficient (Wildman–Crippen LogP) is 3.55. The molecule has 0 radical (unpaired) electrons. The van der Waals surface area contributed by atoms with E-state index in [0.29, 0.717) is 11.8 Å². The molecule has 2 rings (SSSR count). The first-order chi connectivity index (χ1) is 9.93.